The molecule has 0 saturated carbocycles. The SMILES string of the molecule is COCc1ccccc1CN=C(N)Nc1ccc2c(c1)OCCCO2.I. The Morgan fingerprint density at radius 1 is 1.12 bits per heavy atom. The summed E-state index contributed by atoms with van der Waals surface area (Å²) in [6.45, 7) is 2.37. The molecule has 1 aliphatic heterocycles. The zero-order chi connectivity index (χ0) is 17.5. The highest BCUT2D eigenvalue weighted by molar-refractivity contribution is 14.0. The summed E-state index contributed by atoms with van der Waals surface area (Å²) in [5.74, 6) is 1.83. The quantitative estimate of drug-likeness (QED) is 0.398. The van der Waals surface area contributed by atoms with Crippen molar-refractivity contribution in [1.82, 2.24) is 0 Å². The Morgan fingerprint density at radius 2 is 1.85 bits per heavy atom. The number of hydrogen-bond acceptors (Lipinski definition) is 4. The minimum atomic E-state index is 0. The summed E-state index contributed by atoms with van der Waals surface area (Å²) in [4.78, 5) is 4.42. The number of halogens is 1. The second-order valence-corrected chi connectivity index (χ2v) is 5.74. The summed E-state index contributed by atoms with van der Waals surface area (Å²) >= 11 is 0. The van der Waals surface area contributed by atoms with Gasteiger partial charge in [-0.25, -0.2) is 4.99 Å². The van der Waals surface area contributed by atoms with Gasteiger partial charge in [0.05, 0.1) is 26.4 Å². The Morgan fingerprint density at radius 3 is 2.62 bits per heavy atom. The molecular weight excluding hydrogens is 445 g/mol. The second-order valence-electron chi connectivity index (χ2n) is 5.74. The Bertz CT molecular complexity index is 753. The third-order valence-electron chi connectivity index (χ3n) is 3.86. The molecule has 0 amide bonds. The molecule has 0 saturated heterocycles. The van der Waals surface area contributed by atoms with Crippen molar-refractivity contribution in [2.24, 2.45) is 10.7 Å². The van der Waals surface area contributed by atoms with E-state index in [9.17, 15) is 0 Å². The third kappa shape index (κ3) is 5.50. The highest BCUT2D eigenvalue weighted by Gasteiger charge is 2.11. The first-order valence-electron chi connectivity index (χ1n) is 8.28. The predicted molar refractivity (Wildman–Crippen MR) is 114 cm³/mol. The lowest BCUT2D eigenvalue weighted by Gasteiger charge is -2.11. The van der Waals surface area contributed by atoms with Crippen LogP contribution in [0.4, 0.5) is 5.69 Å². The van der Waals surface area contributed by atoms with Gasteiger partial charge in [-0.2, -0.15) is 0 Å². The number of nitrogens with one attached hydrogen (secondary N) is 1. The van der Waals surface area contributed by atoms with Gasteiger partial charge in [-0.15, -0.1) is 24.0 Å². The van der Waals surface area contributed by atoms with E-state index in [1.807, 2.05) is 42.5 Å². The molecule has 0 unspecified atom stereocenters. The zero-order valence-electron chi connectivity index (χ0n) is 14.7. The first kappa shape index (κ1) is 20.3. The monoisotopic (exact) mass is 469 g/mol. The molecule has 2 aromatic rings. The molecule has 0 aromatic heterocycles. The molecule has 0 aliphatic carbocycles. The minimum absolute atomic E-state index is 0. The number of rotatable bonds is 5. The van der Waals surface area contributed by atoms with Crippen molar-refractivity contribution in [2.45, 2.75) is 19.6 Å². The van der Waals surface area contributed by atoms with Gasteiger partial charge in [-0.05, 0) is 23.3 Å². The van der Waals surface area contributed by atoms with Gasteiger partial charge in [-0.3, -0.25) is 0 Å². The van der Waals surface area contributed by atoms with Crippen molar-refractivity contribution < 1.29 is 14.2 Å². The molecule has 2 aromatic carbocycles. The van der Waals surface area contributed by atoms with Crippen LogP contribution in [0.1, 0.15) is 17.5 Å². The van der Waals surface area contributed by atoms with Gasteiger partial charge in [0.15, 0.2) is 17.5 Å². The van der Waals surface area contributed by atoms with E-state index in [1.165, 1.54) is 0 Å². The van der Waals surface area contributed by atoms with Gasteiger partial charge in [0.25, 0.3) is 0 Å². The maximum absolute atomic E-state index is 6.02. The van der Waals surface area contributed by atoms with E-state index in [1.54, 1.807) is 7.11 Å². The fourth-order valence-corrected chi connectivity index (χ4v) is 2.61. The van der Waals surface area contributed by atoms with Crippen LogP contribution in [0.3, 0.4) is 0 Å². The van der Waals surface area contributed by atoms with Gasteiger partial charge in [-0.1, -0.05) is 24.3 Å². The van der Waals surface area contributed by atoms with Gasteiger partial charge in [0.2, 0.25) is 0 Å². The van der Waals surface area contributed by atoms with Crippen LogP contribution in [0.15, 0.2) is 47.5 Å². The summed E-state index contributed by atoms with van der Waals surface area (Å²) in [6, 6.07) is 13.7. The molecule has 0 spiro atoms. The zero-order valence-corrected chi connectivity index (χ0v) is 17.1. The van der Waals surface area contributed by atoms with Crippen LogP contribution in [0.2, 0.25) is 0 Å². The topological polar surface area (TPSA) is 78.1 Å². The average molecular weight is 469 g/mol. The molecule has 0 radical (unpaired) electrons. The lowest BCUT2D eigenvalue weighted by atomic mass is 10.1. The summed E-state index contributed by atoms with van der Waals surface area (Å²) in [6.07, 6.45) is 0.877. The number of nitrogens with zero attached hydrogens (tertiary/aromatic N) is 1. The van der Waals surface area contributed by atoms with Gasteiger partial charge >= 0.3 is 0 Å². The van der Waals surface area contributed by atoms with E-state index >= 15 is 0 Å². The molecule has 0 atom stereocenters. The fraction of sp³-hybridized carbons (Fsp3) is 0.316. The molecule has 7 heteroatoms. The van der Waals surface area contributed by atoms with Crippen LogP contribution < -0.4 is 20.5 Å². The largest absolute Gasteiger partial charge is 0.490 e. The normalized spacial score (nSPS) is 13.5. The van der Waals surface area contributed by atoms with E-state index in [-0.39, 0.29) is 24.0 Å². The Hall–Kier alpha value is -2.00. The molecule has 1 heterocycles. The number of ether oxygens (including phenoxy) is 3. The second kappa shape index (κ2) is 10.2. The Balaban J connectivity index is 0.00000243. The standard InChI is InChI=1S/C19H23N3O3.HI/c1-23-13-15-6-3-2-5-14(15)12-21-19(20)22-16-7-8-17-18(11-16)25-10-4-9-24-17;/h2-3,5-8,11H,4,9-10,12-13H2,1H3,(H3,20,21,22);1H. The molecule has 0 fully saturated rings. The number of methoxy groups -OCH3 is 1. The number of benzene rings is 2. The minimum Gasteiger partial charge on any atom is -0.490 e. The number of hydrogen-bond donors (Lipinski definition) is 2. The smallest absolute Gasteiger partial charge is 0.193 e. The summed E-state index contributed by atoms with van der Waals surface area (Å²) in [5.41, 5.74) is 9.03. The first-order chi connectivity index (χ1) is 12.3. The summed E-state index contributed by atoms with van der Waals surface area (Å²) < 4.78 is 16.5. The lowest BCUT2D eigenvalue weighted by molar-refractivity contribution is 0.184. The van der Waals surface area contributed by atoms with Crippen molar-refractivity contribution in [3.8, 4) is 11.5 Å². The van der Waals surface area contributed by atoms with Crippen LogP contribution in [-0.4, -0.2) is 26.3 Å². The average Bonchev–Trinajstić information content (AvgIpc) is 2.86. The first-order valence-corrected chi connectivity index (χ1v) is 8.28. The summed E-state index contributed by atoms with van der Waals surface area (Å²) in [7, 11) is 1.68. The van der Waals surface area contributed by atoms with E-state index < -0.39 is 0 Å². The number of guanidine groups is 1. The molecular formula is C19H24IN3O3. The van der Waals surface area contributed by atoms with E-state index in [0.29, 0.717) is 32.3 Å². The Kier molecular flexibility index (Phi) is 7.99. The maximum atomic E-state index is 6.02. The van der Waals surface area contributed by atoms with E-state index in [2.05, 4.69) is 10.3 Å². The molecule has 26 heavy (non-hydrogen) atoms. The Labute approximate surface area is 170 Å². The van der Waals surface area contributed by atoms with E-state index in [0.717, 1.165) is 34.7 Å². The predicted octanol–water partition coefficient (Wildman–Crippen LogP) is 3.54. The molecule has 0 bridgehead atoms. The van der Waals surface area contributed by atoms with Gasteiger partial charge in [0.1, 0.15) is 0 Å². The highest BCUT2D eigenvalue weighted by Crippen LogP contribution is 2.32. The van der Waals surface area contributed by atoms with Crippen molar-refractivity contribution in [3.05, 3.63) is 53.6 Å². The summed E-state index contributed by atoms with van der Waals surface area (Å²) in [5, 5.41) is 3.10. The molecule has 6 nitrogen and oxygen atoms in total. The van der Waals surface area contributed by atoms with Crippen molar-refractivity contribution in [2.75, 3.05) is 25.6 Å². The molecule has 3 rings (SSSR count). The molecule has 1 aliphatic rings. The molecule has 140 valence electrons. The molecule has 3 N–H and O–H groups in total. The van der Waals surface area contributed by atoms with Crippen molar-refractivity contribution in [3.63, 3.8) is 0 Å². The van der Waals surface area contributed by atoms with Crippen LogP contribution in [0.5, 0.6) is 11.5 Å². The fourth-order valence-electron chi connectivity index (χ4n) is 2.61. The van der Waals surface area contributed by atoms with Crippen LogP contribution in [0.25, 0.3) is 0 Å². The van der Waals surface area contributed by atoms with Crippen LogP contribution >= 0.6 is 24.0 Å². The van der Waals surface area contributed by atoms with Crippen molar-refractivity contribution in [1.29, 1.82) is 0 Å². The highest BCUT2D eigenvalue weighted by atomic mass is 127. The van der Waals surface area contributed by atoms with Gasteiger partial charge in [0, 0.05) is 25.3 Å². The lowest BCUT2D eigenvalue weighted by Crippen LogP contribution is -2.22. The maximum Gasteiger partial charge on any atom is 0.193 e. The van der Waals surface area contributed by atoms with E-state index in [4.69, 9.17) is 19.9 Å². The third-order valence-corrected chi connectivity index (χ3v) is 3.86. The van der Waals surface area contributed by atoms with Crippen LogP contribution in [0, 0.1) is 0 Å². The van der Waals surface area contributed by atoms with Gasteiger partial charge < -0.3 is 25.3 Å². The van der Waals surface area contributed by atoms with Crippen molar-refractivity contribution >= 4 is 35.6 Å². The number of aliphatic imine (C=N–C) groups is 1. The van der Waals surface area contributed by atoms with Crippen LogP contribution in [-0.2, 0) is 17.9 Å². The number of fused-ring (bicyclic) bond motifs is 1. The number of anilines is 1. The number of nitrogens with two attached hydrogens (primary N) is 1.